The topological polar surface area (TPSA) is 150 Å². The molecule has 3 aromatic rings. The summed E-state index contributed by atoms with van der Waals surface area (Å²) in [5.41, 5.74) is -3.72. The van der Waals surface area contributed by atoms with Crippen LogP contribution in [-0.4, -0.2) is 37.4 Å². The van der Waals surface area contributed by atoms with Gasteiger partial charge >= 0.3 is 0 Å². The van der Waals surface area contributed by atoms with Gasteiger partial charge in [0.1, 0.15) is 39.2 Å². The van der Waals surface area contributed by atoms with E-state index in [1.54, 1.807) is 0 Å². The molecule has 0 saturated heterocycles. The molecule has 0 amide bonds. The van der Waals surface area contributed by atoms with Crippen LogP contribution in [0.2, 0.25) is 0 Å². The summed E-state index contributed by atoms with van der Waals surface area (Å²) in [6.07, 6.45) is 0.183. The molecule has 9 nitrogen and oxygen atoms in total. The van der Waals surface area contributed by atoms with E-state index in [9.17, 15) is 30.3 Å². The third kappa shape index (κ3) is 2.71. The van der Waals surface area contributed by atoms with Crippen LogP contribution in [0.15, 0.2) is 39.7 Å². The number of phenols is 2. The third-order valence-corrected chi connectivity index (χ3v) is 5.63. The molecular weight excluding hydrogens is 408 g/mol. The molecule has 0 bridgehead atoms. The quantitative estimate of drug-likeness (QED) is 0.395. The summed E-state index contributed by atoms with van der Waals surface area (Å²) < 4.78 is 16.6. The molecule has 0 unspecified atom stereocenters. The van der Waals surface area contributed by atoms with Gasteiger partial charge in [-0.1, -0.05) is 0 Å². The van der Waals surface area contributed by atoms with Gasteiger partial charge in [0.15, 0.2) is 5.60 Å². The van der Waals surface area contributed by atoms with Gasteiger partial charge in [0, 0.05) is 18.1 Å². The summed E-state index contributed by atoms with van der Waals surface area (Å²) in [7, 11) is 0. The fourth-order valence-electron chi connectivity index (χ4n) is 4.23. The monoisotopic (exact) mass is 428 g/mol. The lowest BCUT2D eigenvalue weighted by Crippen LogP contribution is -2.33. The molecule has 3 heterocycles. The second-order valence-electron chi connectivity index (χ2n) is 8.53. The second-order valence-corrected chi connectivity index (χ2v) is 8.53. The predicted octanol–water partition coefficient (Wildman–Crippen LogP) is 2.00. The van der Waals surface area contributed by atoms with Gasteiger partial charge in [0.2, 0.25) is 5.43 Å². The van der Waals surface area contributed by atoms with Crippen LogP contribution in [0.1, 0.15) is 37.5 Å². The van der Waals surface area contributed by atoms with Crippen molar-refractivity contribution in [2.75, 3.05) is 0 Å². The van der Waals surface area contributed by atoms with E-state index in [0.717, 1.165) is 0 Å². The van der Waals surface area contributed by atoms with Gasteiger partial charge in [-0.2, -0.15) is 0 Å². The van der Waals surface area contributed by atoms with Gasteiger partial charge in [0.25, 0.3) is 6.29 Å². The van der Waals surface area contributed by atoms with Crippen molar-refractivity contribution >= 4 is 21.9 Å². The van der Waals surface area contributed by atoms with E-state index < -0.39 is 40.5 Å². The van der Waals surface area contributed by atoms with E-state index in [-0.39, 0.29) is 45.2 Å². The van der Waals surface area contributed by atoms with Gasteiger partial charge in [0.05, 0.1) is 23.5 Å². The predicted molar refractivity (Wildman–Crippen MR) is 108 cm³/mol. The van der Waals surface area contributed by atoms with Crippen LogP contribution in [0.25, 0.3) is 21.9 Å². The zero-order valence-electron chi connectivity index (χ0n) is 16.6. The summed E-state index contributed by atoms with van der Waals surface area (Å²) in [4.78, 5) is 13.3. The average Bonchev–Trinajstić information content (AvgIpc) is 3.13. The molecule has 0 saturated carbocycles. The van der Waals surface area contributed by atoms with Crippen molar-refractivity contribution in [3.63, 3.8) is 0 Å². The van der Waals surface area contributed by atoms with Gasteiger partial charge in [-0.25, -0.2) is 0 Å². The summed E-state index contributed by atoms with van der Waals surface area (Å²) in [5.74, 6) is -0.880. The minimum absolute atomic E-state index is 0.0388. The van der Waals surface area contributed by atoms with Crippen molar-refractivity contribution < 1.29 is 39.4 Å². The Morgan fingerprint density at radius 3 is 2.68 bits per heavy atom. The van der Waals surface area contributed by atoms with Crippen molar-refractivity contribution in [3.05, 3.63) is 51.9 Å². The highest BCUT2D eigenvalue weighted by atomic mass is 16.7. The SMILES string of the molecule is CC(C)(O)C[C@@H](O)c1ccc(O)c2c(=O)c3c(O)c4c(cc3oc12)O[C@@H]1OC=C[C@@]41O. The third-order valence-electron chi connectivity index (χ3n) is 5.63. The summed E-state index contributed by atoms with van der Waals surface area (Å²) in [6, 6.07) is 3.98. The van der Waals surface area contributed by atoms with E-state index in [2.05, 4.69) is 0 Å². The Hall–Kier alpha value is -3.27. The molecule has 9 heteroatoms. The van der Waals surface area contributed by atoms with Crippen molar-refractivity contribution in [3.8, 4) is 17.2 Å². The Morgan fingerprint density at radius 2 is 1.97 bits per heavy atom. The number of rotatable bonds is 3. The molecule has 2 aliphatic rings. The van der Waals surface area contributed by atoms with Crippen LogP contribution in [-0.2, 0) is 10.3 Å². The average molecular weight is 428 g/mol. The van der Waals surface area contributed by atoms with E-state index in [4.69, 9.17) is 13.9 Å². The lowest BCUT2D eigenvalue weighted by molar-refractivity contribution is -0.110. The van der Waals surface area contributed by atoms with E-state index in [0.29, 0.717) is 0 Å². The number of hydrogen-bond donors (Lipinski definition) is 5. The smallest absolute Gasteiger partial charge is 0.277 e. The molecular formula is C22H20O9. The first-order chi connectivity index (χ1) is 14.5. The number of fused-ring (bicyclic) bond motifs is 5. The van der Waals surface area contributed by atoms with E-state index in [1.165, 1.54) is 44.4 Å². The Bertz CT molecular complexity index is 1330. The van der Waals surface area contributed by atoms with Crippen molar-refractivity contribution in [1.29, 1.82) is 0 Å². The number of aliphatic hydroxyl groups is 3. The molecule has 3 atom stereocenters. The van der Waals surface area contributed by atoms with Crippen molar-refractivity contribution in [1.82, 2.24) is 0 Å². The van der Waals surface area contributed by atoms with Crippen LogP contribution in [0.4, 0.5) is 0 Å². The van der Waals surface area contributed by atoms with Crippen LogP contribution in [0.3, 0.4) is 0 Å². The number of hydrogen-bond acceptors (Lipinski definition) is 9. The van der Waals surface area contributed by atoms with Gasteiger partial charge in [-0.05, 0) is 32.1 Å². The largest absolute Gasteiger partial charge is 0.507 e. The first-order valence-electron chi connectivity index (χ1n) is 9.63. The number of aliphatic hydroxyl groups excluding tert-OH is 1. The molecule has 31 heavy (non-hydrogen) atoms. The first kappa shape index (κ1) is 19.7. The lowest BCUT2D eigenvalue weighted by atomic mass is 9.92. The first-order valence-corrected chi connectivity index (χ1v) is 9.63. The molecule has 1 aromatic heterocycles. The standard InChI is InChI=1S/C22H20O9/c1-21(2,27)8-11(24)9-3-4-10(23)14-17(25)15-12(30-19(9)14)7-13-16(18(15)26)22(28)5-6-29-20(22)31-13/h3-7,11,20,23-24,26-28H,8H2,1-2H3/t11-,20+,22-/m1/s1. The van der Waals surface area contributed by atoms with Gasteiger partial charge in [-0.3, -0.25) is 4.79 Å². The molecule has 2 aromatic carbocycles. The summed E-state index contributed by atoms with van der Waals surface area (Å²) in [6.45, 7) is 3.06. The number of phenolic OH excluding ortho intramolecular Hbond substituents is 2. The molecule has 0 fully saturated rings. The second kappa shape index (κ2) is 6.13. The fourth-order valence-corrected chi connectivity index (χ4v) is 4.23. The highest BCUT2D eigenvalue weighted by molar-refractivity contribution is 5.98. The Kier molecular flexibility index (Phi) is 3.89. The van der Waals surface area contributed by atoms with Crippen LogP contribution < -0.4 is 10.2 Å². The number of ether oxygens (including phenoxy) is 2. The van der Waals surface area contributed by atoms with E-state index in [1.807, 2.05) is 0 Å². The number of aromatic hydroxyl groups is 2. The Balaban J connectivity index is 1.82. The van der Waals surface area contributed by atoms with Gasteiger partial charge in [-0.15, -0.1) is 0 Å². The highest BCUT2D eigenvalue weighted by Crippen LogP contribution is 2.52. The zero-order valence-corrected chi connectivity index (χ0v) is 16.6. The molecule has 0 aliphatic carbocycles. The fraction of sp³-hybridized carbons (Fsp3) is 0.318. The molecule has 162 valence electrons. The normalized spacial score (nSPS) is 22.9. The maximum absolute atomic E-state index is 13.3. The Morgan fingerprint density at radius 1 is 1.23 bits per heavy atom. The van der Waals surface area contributed by atoms with E-state index >= 15 is 0 Å². The summed E-state index contributed by atoms with van der Waals surface area (Å²) in [5, 5.41) is 52.3. The van der Waals surface area contributed by atoms with Crippen molar-refractivity contribution in [2.24, 2.45) is 0 Å². The molecule has 0 radical (unpaired) electrons. The van der Waals surface area contributed by atoms with Crippen LogP contribution in [0, 0.1) is 0 Å². The lowest BCUT2D eigenvalue weighted by Gasteiger charge is -2.22. The maximum atomic E-state index is 13.3. The molecule has 5 rings (SSSR count). The molecule has 5 N–H and O–H groups in total. The highest BCUT2D eigenvalue weighted by Gasteiger charge is 2.53. The van der Waals surface area contributed by atoms with Gasteiger partial charge < -0.3 is 39.4 Å². The summed E-state index contributed by atoms with van der Waals surface area (Å²) >= 11 is 0. The number of benzene rings is 2. The molecule has 0 spiro atoms. The minimum atomic E-state index is -1.78. The minimum Gasteiger partial charge on any atom is -0.507 e. The Labute approximate surface area is 175 Å². The maximum Gasteiger partial charge on any atom is 0.277 e. The van der Waals surface area contributed by atoms with Crippen molar-refractivity contribution in [2.45, 2.75) is 43.9 Å². The van der Waals surface area contributed by atoms with Crippen LogP contribution in [0.5, 0.6) is 17.2 Å². The van der Waals surface area contributed by atoms with Crippen LogP contribution >= 0.6 is 0 Å². The molecule has 2 aliphatic heterocycles. The zero-order chi connectivity index (χ0) is 22.3.